The van der Waals surface area contributed by atoms with Crippen molar-refractivity contribution in [3.05, 3.63) is 0 Å². The first kappa shape index (κ1) is 23.1. The van der Waals surface area contributed by atoms with Crippen molar-refractivity contribution in [2.75, 3.05) is 0 Å². The molecule has 0 radical (unpaired) electrons. The molecule has 0 aromatic carbocycles. The number of carbonyl (C=O) groups is 2. The van der Waals surface area contributed by atoms with Crippen LogP contribution in [0, 0.1) is 46.3 Å². The second-order valence-electron chi connectivity index (χ2n) is 12.6. The van der Waals surface area contributed by atoms with E-state index in [-0.39, 0.29) is 29.3 Å². The molecule has 0 saturated heterocycles. The topological polar surface area (TPSA) is 57.6 Å². The molecule has 0 bridgehead atoms. The van der Waals surface area contributed by atoms with Crippen LogP contribution in [0.5, 0.6) is 0 Å². The molecule has 4 aliphatic carbocycles. The van der Waals surface area contributed by atoms with Crippen molar-refractivity contribution in [3.63, 3.8) is 0 Å². The number of carboxylic acid groups (broad SMARTS) is 1. The van der Waals surface area contributed by atoms with Crippen molar-refractivity contribution in [1.82, 2.24) is 4.90 Å². The number of amides is 1. The Hall–Kier alpha value is -1.06. The molecule has 8 atom stereocenters. The van der Waals surface area contributed by atoms with Crippen LogP contribution in [-0.4, -0.2) is 34.0 Å². The van der Waals surface area contributed by atoms with Crippen LogP contribution < -0.4 is 0 Å². The van der Waals surface area contributed by atoms with Crippen molar-refractivity contribution in [2.24, 2.45) is 46.3 Å². The summed E-state index contributed by atoms with van der Waals surface area (Å²) in [4.78, 5) is 27.5. The summed E-state index contributed by atoms with van der Waals surface area (Å²) in [6, 6.07) is 0.510. The fraction of sp³-hybridized carbons (Fsp3) is 0.926. The number of hydrogen-bond donors (Lipinski definition) is 1. The Morgan fingerprint density at radius 3 is 2.06 bits per heavy atom. The summed E-state index contributed by atoms with van der Waals surface area (Å²) in [5.74, 6) is 2.55. The summed E-state index contributed by atoms with van der Waals surface area (Å²) in [6.07, 6.45) is 9.92. The van der Waals surface area contributed by atoms with Gasteiger partial charge in [-0.1, -0.05) is 13.8 Å². The fourth-order valence-corrected chi connectivity index (χ4v) is 9.17. The largest absolute Gasteiger partial charge is 0.481 e. The zero-order valence-corrected chi connectivity index (χ0v) is 20.7. The highest BCUT2D eigenvalue weighted by molar-refractivity contribution is 5.80. The van der Waals surface area contributed by atoms with Crippen LogP contribution in [0.15, 0.2) is 0 Å². The molecule has 0 aromatic rings. The summed E-state index contributed by atoms with van der Waals surface area (Å²) < 4.78 is 0. The molecule has 0 spiro atoms. The van der Waals surface area contributed by atoms with Crippen LogP contribution in [0.3, 0.4) is 0 Å². The fourth-order valence-electron chi connectivity index (χ4n) is 9.17. The molecule has 4 nitrogen and oxygen atoms in total. The van der Waals surface area contributed by atoms with E-state index in [1.807, 2.05) is 0 Å². The summed E-state index contributed by atoms with van der Waals surface area (Å²) in [7, 11) is 0. The van der Waals surface area contributed by atoms with E-state index in [1.54, 1.807) is 0 Å². The molecule has 0 heterocycles. The number of nitrogens with zero attached hydrogens (tertiary/aromatic N) is 1. The molecular weight excluding hydrogens is 386 g/mol. The van der Waals surface area contributed by atoms with Crippen molar-refractivity contribution >= 4 is 11.9 Å². The number of carboxylic acids is 1. The average molecular weight is 432 g/mol. The molecule has 4 heteroatoms. The molecule has 4 aliphatic rings. The minimum atomic E-state index is -0.586. The first-order valence-electron chi connectivity index (χ1n) is 13.1. The molecule has 4 fully saturated rings. The van der Waals surface area contributed by atoms with Gasteiger partial charge in [0, 0.05) is 18.0 Å². The Morgan fingerprint density at radius 2 is 1.45 bits per heavy atom. The van der Waals surface area contributed by atoms with Gasteiger partial charge in [0.2, 0.25) is 5.91 Å². The van der Waals surface area contributed by atoms with Gasteiger partial charge in [-0.05, 0) is 120 Å². The van der Waals surface area contributed by atoms with E-state index < -0.39 is 5.97 Å². The Kier molecular flexibility index (Phi) is 6.01. The lowest BCUT2D eigenvalue weighted by atomic mass is 9.44. The third kappa shape index (κ3) is 3.55. The van der Waals surface area contributed by atoms with Gasteiger partial charge < -0.3 is 10.0 Å². The second-order valence-corrected chi connectivity index (χ2v) is 12.6. The van der Waals surface area contributed by atoms with Crippen LogP contribution in [0.25, 0.3) is 0 Å². The lowest BCUT2D eigenvalue weighted by molar-refractivity contribution is -0.155. The number of rotatable bonds is 4. The van der Waals surface area contributed by atoms with E-state index in [2.05, 4.69) is 46.4 Å². The normalized spacial score (nSPS) is 44.5. The molecule has 1 amide bonds. The lowest BCUT2D eigenvalue weighted by Crippen LogP contribution is -2.55. The Labute approximate surface area is 189 Å². The van der Waals surface area contributed by atoms with Gasteiger partial charge in [-0.2, -0.15) is 0 Å². The van der Waals surface area contributed by atoms with Crippen molar-refractivity contribution in [1.29, 1.82) is 0 Å². The molecule has 0 aromatic heterocycles. The maximum Gasteiger partial charge on any atom is 0.306 e. The van der Waals surface area contributed by atoms with Gasteiger partial charge in [-0.3, -0.25) is 9.59 Å². The maximum atomic E-state index is 13.7. The molecule has 0 aliphatic heterocycles. The molecule has 31 heavy (non-hydrogen) atoms. The number of hydrogen-bond acceptors (Lipinski definition) is 2. The first-order valence-corrected chi connectivity index (χ1v) is 13.1. The summed E-state index contributed by atoms with van der Waals surface area (Å²) in [5, 5.41) is 9.57. The smallest absolute Gasteiger partial charge is 0.306 e. The second kappa shape index (κ2) is 8.06. The van der Waals surface area contributed by atoms with E-state index in [4.69, 9.17) is 0 Å². The van der Waals surface area contributed by atoms with Crippen LogP contribution >= 0.6 is 0 Å². The molecular formula is C27H45NO3. The Balaban J connectivity index is 1.55. The van der Waals surface area contributed by atoms with Crippen LogP contribution in [-0.2, 0) is 9.59 Å². The molecule has 176 valence electrons. The average Bonchev–Trinajstić information content (AvgIpc) is 3.03. The highest BCUT2D eigenvalue weighted by atomic mass is 16.4. The van der Waals surface area contributed by atoms with Gasteiger partial charge in [0.1, 0.15) is 0 Å². The van der Waals surface area contributed by atoms with Gasteiger partial charge >= 0.3 is 5.97 Å². The number of aliphatic carboxylic acids is 1. The highest BCUT2D eigenvalue weighted by Gasteiger charge is 2.61. The van der Waals surface area contributed by atoms with Gasteiger partial charge in [0.15, 0.2) is 0 Å². The first-order chi connectivity index (χ1) is 14.5. The zero-order valence-electron chi connectivity index (χ0n) is 20.7. The SMILES string of the molecule is CC(C)N(C(=O)C1CC[C@H]2[C@@H]3CCC4CC(C(=O)O)CC[C@]4(C)[C@@H]3CC[C@]12C)C(C)C. The van der Waals surface area contributed by atoms with Crippen molar-refractivity contribution in [2.45, 2.75) is 111 Å². The van der Waals surface area contributed by atoms with E-state index in [9.17, 15) is 14.7 Å². The van der Waals surface area contributed by atoms with Crippen LogP contribution in [0.2, 0.25) is 0 Å². The molecule has 4 rings (SSSR count). The van der Waals surface area contributed by atoms with Gasteiger partial charge in [0.05, 0.1) is 5.92 Å². The highest BCUT2D eigenvalue weighted by Crippen LogP contribution is 2.68. The summed E-state index contributed by atoms with van der Waals surface area (Å²) in [6.45, 7) is 13.5. The predicted molar refractivity (Wildman–Crippen MR) is 123 cm³/mol. The van der Waals surface area contributed by atoms with Crippen molar-refractivity contribution in [3.8, 4) is 0 Å². The molecule has 1 N–H and O–H groups in total. The minimum Gasteiger partial charge on any atom is -0.481 e. The van der Waals surface area contributed by atoms with Gasteiger partial charge in [0.25, 0.3) is 0 Å². The van der Waals surface area contributed by atoms with E-state index in [1.165, 1.54) is 32.1 Å². The van der Waals surface area contributed by atoms with Crippen LogP contribution in [0.4, 0.5) is 0 Å². The predicted octanol–water partition coefficient (Wildman–Crippen LogP) is 5.99. The summed E-state index contributed by atoms with van der Waals surface area (Å²) in [5.41, 5.74) is 0.446. The third-order valence-corrected chi connectivity index (χ3v) is 10.7. The quantitative estimate of drug-likeness (QED) is 0.594. The van der Waals surface area contributed by atoms with E-state index in [0.717, 1.165) is 37.5 Å². The Morgan fingerprint density at radius 1 is 0.839 bits per heavy atom. The third-order valence-electron chi connectivity index (χ3n) is 10.7. The zero-order chi connectivity index (χ0) is 22.7. The van der Waals surface area contributed by atoms with Crippen LogP contribution in [0.1, 0.15) is 99.3 Å². The number of fused-ring (bicyclic) bond motifs is 5. The molecule has 4 saturated carbocycles. The number of carbonyl (C=O) groups excluding carboxylic acids is 1. The Bertz CT molecular complexity index is 709. The monoisotopic (exact) mass is 431 g/mol. The standard InChI is InChI=1S/C27H45NO3/c1-16(2)28(17(3)4)24(29)23-10-9-21-20-8-7-19-15-18(25(30)31)11-13-26(19,5)22(20)12-14-27(21,23)6/h16-23H,7-15H2,1-6H3,(H,30,31)/t18?,19?,20-,21-,22+,23?,26-,27-/m0/s1. The van der Waals surface area contributed by atoms with Gasteiger partial charge in [-0.15, -0.1) is 0 Å². The van der Waals surface area contributed by atoms with E-state index in [0.29, 0.717) is 23.2 Å². The van der Waals surface area contributed by atoms with Crippen molar-refractivity contribution < 1.29 is 14.7 Å². The van der Waals surface area contributed by atoms with Gasteiger partial charge in [-0.25, -0.2) is 0 Å². The molecule has 3 unspecified atom stereocenters. The maximum absolute atomic E-state index is 13.7. The minimum absolute atomic E-state index is 0.130. The summed E-state index contributed by atoms with van der Waals surface area (Å²) >= 11 is 0. The lowest BCUT2D eigenvalue weighted by Gasteiger charge is -2.61. The van der Waals surface area contributed by atoms with E-state index >= 15 is 0 Å².